The third kappa shape index (κ3) is 7.41. The SMILES string of the molecule is CS(C)(C)c1ccc(N(c2cc3c(c4ccccc24)-c2c(cc(N(c4ccc(S(C)(C)C)cc4)c4cccc5c4oc4c(C#N)cccc45)c4ccccc24)C32c3ccccc3-n3c4ccccc4c4cccc2c43)c2cccc3c2oc2c(C#N)cccc23)cc1. The molecule has 0 saturated heterocycles. The highest BCUT2D eigenvalue weighted by molar-refractivity contribution is 8.32. The zero-order valence-corrected chi connectivity index (χ0v) is 53.2. The maximum Gasteiger partial charge on any atom is 0.159 e. The molecular formula is C83H59N5O2S2. The number of benzene rings is 13. The molecule has 9 heteroatoms. The molecule has 0 unspecified atom stereocenters. The van der Waals surface area contributed by atoms with Gasteiger partial charge in [0.1, 0.15) is 12.1 Å². The molecule has 0 N–H and O–H groups in total. The third-order valence-corrected chi connectivity index (χ3v) is 22.9. The molecule has 0 fully saturated rings. The molecule has 7 nitrogen and oxygen atoms in total. The molecule has 0 bridgehead atoms. The minimum Gasteiger partial charge on any atom is -0.452 e. The maximum absolute atomic E-state index is 10.5. The molecule has 1 aliphatic carbocycles. The average molecular weight is 1220 g/mol. The number of anilines is 6. The summed E-state index contributed by atoms with van der Waals surface area (Å²) in [6.45, 7) is 0. The van der Waals surface area contributed by atoms with Gasteiger partial charge in [-0.05, 0) is 189 Å². The molecule has 3 aromatic heterocycles. The van der Waals surface area contributed by atoms with Crippen molar-refractivity contribution in [1.29, 1.82) is 10.5 Å². The van der Waals surface area contributed by atoms with Crippen molar-refractivity contribution in [2.45, 2.75) is 15.2 Å². The van der Waals surface area contributed by atoms with E-state index in [0.29, 0.717) is 33.5 Å². The normalized spacial score (nSPS) is 13.5. The molecule has 0 saturated carbocycles. The van der Waals surface area contributed by atoms with Crippen molar-refractivity contribution >= 4 is 141 Å². The fraction of sp³-hybridized carbons (Fsp3) is 0.0843. The van der Waals surface area contributed by atoms with Crippen LogP contribution in [-0.4, -0.2) is 42.1 Å². The Morgan fingerprint density at radius 3 is 1.23 bits per heavy atom. The van der Waals surface area contributed by atoms with Crippen molar-refractivity contribution in [2.75, 3.05) is 47.3 Å². The van der Waals surface area contributed by atoms with Gasteiger partial charge >= 0.3 is 0 Å². The van der Waals surface area contributed by atoms with Gasteiger partial charge in [0.25, 0.3) is 0 Å². The highest BCUT2D eigenvalue weighted by Gasteiger charge is 2.53. The lowest BCUT2D eigenvalue weighted by Gasteiger charge is -2.40. The van der Waals surface area contributed by atoms with E-state index in [4.69, 9.17) is 8.83 Å². The lowest BCUT2D eigenvalue weighted by atomic mass is 9.65. The van der Waals surface area contributed by atoms with Crippen LogP contribution in [0, 0.1) is 22.7 Å². The minimum absolute atomic E-state index is 0.495. The highest BCUT2D eigenvalue weighted by atomic mass is 32.3. The van der Waals surface area contributed by atoms with Gasteiger partial charge in [-0.3, -0.25) is 0 Å². The second-order valence-corrected chi connectivity index (χ2v) is 34.3. The van der Waals surface area contributed by atoms with Crippen LogP contribution in [0.5, 0.6) is 0 Å². The van der Waals surface area contributed by atoms with Crippen molar-refractivity contribution < 1.29 is 8.83 Å². The first kappa shape index (κ1) is 54.0. The van der Waals surface area contributed by atoms with Crippen LogP contribution >= 0.6 is 20.1 Å². The molecule has 0 radical (unpaired) electrons. The Hall–Kier alpha value is -10.9. The number of nitrogens with zero attached hydrogens (tertiary/aromatic N) is 5. The van der Waals surface area contributed by atoms with E-state index in [1.807, 2.05) is 24.3 Å². The van der Waals surface area contributed by atoms with Gasteiger partial charge in [0.15, 0.2) is 22.3 Å². The average Bonchev–Trinajstić information content (AvgIpc) is 1.47. The summed E-state index contributed by atoms with van der Waals surface area (Å²) in [7, 11) is -2.18. The van der Waals surface area contributed by atoms with Crippen molar-refractivity contribution in [3.8, 4) is 29.0 Å². The predicted octanol–water partition coefficient (Wildman–Crippen LogP) is 22.4. The van der Waals surface area contributed by atoms with Gasteiger partial charge < -0.3 is 23.2 Å². The van der Waals surface area contributed by atoms with Crippen LogP contribution in [0.25, 0.3) is 104 Å². The van der Waals surface area contributed by atoms with E-state index in [1.54, 1.807) is 0 Å². The fourth-order valence-electron chi connectivity index (χ4n) is 15.6. The van der Waals surface area contributed by atoms with Crippen LogP contribution in [0.3, 0.4) is 0 Å². The molecule has 1 aliphatic heterocycles. The van der Waals surface area contributed by atoms with Crippen LogP contribution in [-0.2, 0) is 5.41 Å². The zero-order valence-electron chi connectivity index (χ0n) is 51.5. The van der Waals surface area contributed by atoms with Crippen molar-refractivity contribution in [3.05, 3.63) is 282 Å². The number of para-hydroxylation sites is 7. The fourth-order valence-corrected chi connectivity index (χ4v) is 17.5. The first-order valence-electron chi connectivity index (χ1n) is 31.0. The van der Waals surface area contributed by atoms with E-state index in [9.17, 15) is 10.5 Å². The van der Waals surface area contributed by atoms with Crippen molar-refractivity contribution in [1.82, 2.24) is 4.57 Å². The predicted molar refractivity (Wildman–Crippen MR) is 387 cm³/mol. The van der Waals surface area contributed by atoms with Crippen LogP contribution in [0.2, 0.25) is 0 Å². The van der Waals surface area contributed by atoms with Crippen LogP contribution in [0.4, 0.5) is 34.1 Å². The first-order chi connectivity index (χ1) is 44.8. The Labute approximate surface area is 535 Å². The molecule has 2 aliphatic rings. The molecule has 440 valence electrons. The Bertz CT molecular complexity index is 5680. The first-order valence-corrected chi connectivity index (χ1v) is 36.7. The summed E-state index contributed by atoms with van der Waals surface area (Å²) < 4.78 is 16.7. The van der Waals surface area contributed by atoms with Gasteiger partial charge in [0, 0.05) is 54.5 Å². The summed E-state index contributed by atoms with van der Waals surface area (Å²) in [4.78, 5) is 7.46. The molecule has 0 amide bonds. The summed E-state index contributed by atoms with van der Waals surface area (Å²) >= 11 is 0. The van der Waals surface area contributed by atoms with Crippen molar-refractivity contribution in [2.24, 2.45) is 0 Å². The van der Waals surface area contributed by atoms with Gasteiger partial charge in [0.2, 0.25) is 0 Å². The zero-order chi connectivity index (χ0) is 62.1. The van der Waals surface area contributed by atoms with Gasteiger partial charge in [-0.2, -0.15) is 10.5 Å². The molecular weight excluding hydrogens is 1160 g/mol. The highest BCUT2D eigenvalue weighted by Crippen LogP contribution is 2.66. The molecule has 16 aromatic rings. The van der Waals surface area contributed by atoms with Crippen molar-refractivity contribution in [3.63, 3.8) is 0 Å². The number of hydrogen-bond donors (Lipinski definition) is 0. The minimum atomic E-state index is -1.09. The number of furan rings is 2. The number of fused-ring (bicyclic) bond motifs is 22. The summed E-state index contributed by atoms with van der Waals surface area (Å²) in [5.41, 5.74) is 18.8. The van der Waals surface area contributed by atoms with Gasteiger partial charge in [-0.1, -0.05) is 152 Å². The molecule has 18 rings (SSSR count). The van der Waals surface area contributed by atoms with Crippen LogP contribution in [0.15, 0.2) is 267 Å². The van der Waals surface area contributed by atoms with Gasteiger partial charge in [-0.15, -0.1) is 0 Å². The number of rotatable bonds is 8. The largest absolute Gasteiger partial charge is 0.452 e. The summed E-state index contributed by atoms with van der Waals surface area (Å²) in [6.07, 6.45) is 14.1. The van der Waals surface area contributed by atoms with E-state index >= 15 is 0 Å². The standard InChI is InChI=1S/C83H59N5O2S2/c1-91(2,3)54-42-38-52(39-43-54)86(72-36-18-30-64-62-28-15-20-50(48-84)79(62)89-81(64)72)74-46-68-76(59-25-9-7-22-56(59)74)77-60-26-10-8-23-57(60)75(47-69(77)83(68)66-32-12-14-35-71(66)88-70-34-13-11-24-58(70)61-27-17-33-67(83)78(61)88)87(53-40-44-55(45-41-53)92(4,5)6)73-37-19-31-65-63-29-16-21-51(49-85)80(63)90-82(65)73/h7-47H,1-6H3. The van der Waals surface area contributed by atoms with Gasteiger partial charge in [0.05, 0.1) is 56.0 Å². The second-order valence-electron chi connectivity index (χ2n) is 26.0. The van der Waals surface area contributed by atoms with Gasteiger partial charge in [-0.25, -0.2) is 20.1 Å². The molecule has 4 heterocycles. The number of hydrogen-bond acceptors (Lipinski definition) is 6. The molecule has 1 spiro atoms. The topological polar surface area (TPSA) is 85.3 Å². The van der Waals surface area contributed by atoms with E-state index in [-0.39, 0.29) is 0 Å². The molecule has 0 atom stereocenters. The van der Waals surface area contributed by atoms with E-state index < -0.39 is 25.5 Å². The lowest BCUT2D eigenvalue weighted by molar-refractivity contribution is 0.667. The summed E-state index contributed by atoms with van der Waals surface area (Å²) in [5.74, 6) is 0. The second kappa shape index (κ2) is 19.5. The summed E-state index contributed by atoms with van der Waals surface area (Å²) in [6, 6.07) is 95.8. The lowest BCUT2D eigenvalue weighted by Crippen LogP contribution is -2.34. The Morgan fingerprint density at radius 1 is 0.348 bits per heavy atom. The smallest absolute Gasteiger partial charge is 0.159 e. The van der Waals surface area contributed by atoms with E-state index in [1.165, 1.54) is 48.3 Å². The Morgan fingerprint density at radius 2 is 0.739 bits per heavy atom. The molecule has 13 aromatic carbocycles. The van der Waals surface area contributed by atoms with Crippen LogP contribution in [0.1, 0.15) is 33.4 Å². The Kier molecular flexibility index (Phi) is 11.5. The quantitative estimate of drug-likeness (QED) is 0.151. The monoisotopic (exact) mass is 1220 g/mol. The van der Waals surface area contributed by atoms with Crippen LogP contribution < -0.4 is 9.80 Å². The number of aromatic nitrogens is 1. The third-order valence-electron chi connectivity index (χ3n) is 19.6. The summed E-state index contributed by atoms with van der Waals surface area (Å²) in [5, 5.41) is 31.5. The molecule has 92 heavy (non-hydrogen) atoms. The Balaban J connectivity index is 1.02. The van der Waals surface area contributed by atoms with E-state index in [2.05, 4.69) is 288 Å². The van der Waals surface area contributed by atoms with E-state index in [0.717, 1.165) is 99.5 Å². The number of nitriles is 2. The maximum atomic E-state index is 10.5.